The largest absolute Gasteiger partial charge is 0.480 e. The molecule has 0 aromatic rings. The molecule has 4 nitrogen and oxygen atoms in total. The van der Waals surface area contributed by atoms with Crippen LogP contribution in [0.15, 0.2) is 12.2 Å². The minimum atomic E-state index is -0.844. The third-order valence-corrected chi connectivity index (χ3v) is 2.66. The van der Waals surface area contributed by atoms with Crippen molar-refractivity contribution >= 4 is 5.97 Å². The van der Waals surface area contributed by atoms with Gasteiger partial charge in [-0.3, -0.25) is 4.79 Å². The molecule has 1 aliphatic carbocycles. The molecule has 0 bridgehead atoms. The SMILES string of the molecule is COCC(NCC1CC=CCC1)C(=O)O. The van der Waals surface area contributed by atoms with Crippen LogP contribution in [0.2, 0.25) is 0 Å². The standard InChI is InChI=1S/C11H19NO3/c1-15-8-10(11(13)14)12-7-9-5-3-2-4-6-9/h2-3,9-10,12H,4-8H2,1H3,(H,13,14). The van der Waals surface area contributed by atoms with E-state index in [9.17, 15) is 4.79 Å². The van der Waals surface area contributed by atoms with Crippen molar-refractivity contribution in [1.29, 1.82) is 0 Å². The minimum Gasteiger partial charge on any atom is -0.480 e. The number of methoxy groups -OCH3 is 1. The number of carbonyl (C=O) groups is 1. The zero-order valence-electron chi connectivity index (χ0n) is 9.11. The number of aliphatic carboxylic acids is 1. The van der Waals surface area contributed by atoms with Crippen LogP contribution in [0.5, 0.6) is 0 Å². The van der Waals surface area contributed by atoms with Crippen molar-refractivity contribution in [1.82, 2.24) is 5.32 Å². The highest BCUT2D eigenvalue weighted by atomic mass is 16.5. The fourth-order valence-corrected chi connectivity index (χ4v) is 1.73. The van der Waals surface area contributed by atoms with E-state index >= 15 is 0 Å². The first-order valence-electron chi connectivity index (χ1n) is 5.34. The highest BCUT2D eigenvalue weighted by Gasteiger charge is 2.18. The van der Waals surface area contributed by atoms with Crippen molar-refractivity contribution in [2.45, 2.75) is 25.3 Å². The molecule has 0 saturated carbocycles. The highest BCUT2D eigenvalue weighted by molar-refractivity contribution is 5.73. The first kappa shape index (κ1) is 12.2. The normalized spacial score (nSPS) is 22.6. The second-order valence-corrected chi connectivity index (χ2v) is 3.90. The summed E-state index contributed by atoms with van der Waals surface area (Å²) in [5.41, 5.74) is 0. The molecular weight excluding hydrogens is 194 g/mol. The number of allylic oxidation sites excluding steroid dienone is 2. The summed E-state index contributed by atoms with van der Waals surface area (Å²) in [5, 5.41) is 11.9. The first-order valence-corrected chi connectivity index (χ1v) is 5.34. The van der Waals surface area contributed by atoms with E-state index in [1.807, 2.05) is 0 Å². The van der Waals surface area contributed by atoms with Gasteiger partial charge in [-0.1, -0.05) is 12.2 Å². The van der Waals surface area contributed by atoms with Gasteiger partial charge in [0.1, 0.15) is 6.04 Å². The van der Waals surface area contributed by atoms with Crippen molar-refractivity contribution in [3.05, 3.63) is 12.2 Å². The van der Waals surface area contributed by atoms with Crippen molar-refractivity contribution in [2.75, 3.05) is 20.3 Å². The van der Waals surface area contributed by atoms with Crippen LogP contribution in [0.1, 0.15) is 19.3 Å². The predicted octanol–water partition coefficient (Wildman–Crippen LogP) is 1.03. The van der Waals surface area contributed by atoms with Crippen LogP contribution in [-0.2, 0) is 9.53 Å². The number of hydrogen-bond acceptors (Lipinski definition) is 3. The second-order valence-electron chi connectivity index (χ2n) is 3.90. The van der Waals surface area contributed by atoms with Gasteiger partial charge in [0.2, 0.25) is 0 Å². The Morgan fingerprint density at radius 2 is 2.47 bits per heavy atom. The third kappa shape index (κ3) is 4.44. The summed E-state index contributed by atoms with van der Waals surface area (Å²) >= 11 is 0. The van der Waals surface area contributed by atoms with Gasteiger partial charge in [-0.15, -0.1) is 0 Å². The van der Waals surface area contributed by atoms with Crippen molar-refractivity contribution < 1.29 is 14.6 Å². The minimum absolute atomic E-state index is 0.220. The smallest absolute Gasteiger partial charge is 0.323 e. The topological polar surface area (TPSA) is 58.6 Å². The summed E-state index contributed by atoms with van der Waals surface area (Å²) in [6.45, 7) is 0.975. The molecule has 15 heavy (non-hydrogen) atoms. The lowest BCUT2D eigenvalue weighted by Crippen LogP contribution is -2.42. The quantitative estimate of drug-likeness (QED) is 0.647. The van der Waals surface area contributed by atoms with Gasteiger partial charge in [-0.25, -0.2) is 0 Å². The van der Waals surface area contributed by atoms with E-state index in [1.165, 1.54) is 7.11 Å². The first-order chi connectivity index (χ1) is 7.24. The molecular formula is C11H19NO3. The van der Waals surface area contributed by atoms with E-state index in [0.29, 0.717) is 5.92 Å². The molecule has 0 aliphatic heterocycles. The molecule has 0 aromatic carbocycles. The molecule has 0 saturated heterocycles. The third-order valence-electron chi connectivity index (χ3n) is 2.66. The Morgan fingerprint density at radius 1 is 1.67 bits per heavy atom. The van der Waals surface area contributed by atoms with E-state index in [-0.39, 0.29) is 6.61 Å². The fourth-order valence-electron chi connectivity index (χ4n) is 1.73. The maximum absolute atomic E-state index is 10.8. The van der Waals surface area contributed by atoms with Crippen LogP contribution < -0.4 is 5.32 Å². The number of carboxylic acid groups (broad SMARTS) is 1. The number of ether oxygens (including phenoxy) is 1. The molecule has 0 heterocycles. The number of hydrogen-bond donors (Lipinski definition) is 2. The van der Waals surface area contributed by atoms with Gasteiger partial charge in [0.25, 0.3) is 0 Å². The van der Waals surface area contributed by atoms with E-state index in [2.05, 4.69) is 17.5 Å². The zero-order chi connectivity index (χ0) is 11.1. The van der Waals surface area contributed by atoms with Gasteiger partial charge in [0.05, 0.1) is 6.61 Å². The predicted molar refractivity (Wildman–Crippen MR) is 57.8 cm³/mol. The molecule has 0 aromatic heterocycles. The van der Waals surface area contributed by atoms with Gasteiger partial charge in [-0.05, 0) is 31.7 Å². The number of nitrogens with one attached hydrogen (secondary N) is 1. The summed E-state index contributed by atoms with van der Waals surface area (Å²) in [6, 6.07) is -0.582. The summed E-state index contributed by atoms with van der Waals surface area (Å²) in [5.74, 6) is -0.281. The Hall–Kier alpha value is -0.870. The maximum atomic E-state index is 10.8. The average Bonchev–Trinajstić information content (AvgIpc) is 2.25. The molecule has 2 unspecified atom stereocenters. The number of carboxylic acids is 1. The monoisotopic (exact) mass is 213 g/mol. The van der Waals surface area contributed by atoms with Crippen LogP contribution in [0.25, 0.3) is 0 Å². The van der Waals surface area contributed by atoms with Gasteiger partial charge in [0.15, 0.2) is 0 Å². The van der Waals surface area contributed by atoms with Crippen molar-refractivity contribution in [2.24, 2.45) is 5.92 Å². The molecule has 0 spiro atoms. The average molecular weight is 213 g/mol. The van der Waals surface area contributed by atoms with E-state index in [0.717, 1.165) is 25.8 Å². The molecule has 1 rings (SSSR count). The Morgan fingerprint density at radius 3 is 3.00 bits per heavy atom. The van der Waals surface area contributed by atoms with Crippen LogP contribution >= 0.6 is 0 Å². The molecule has 0 fully saturated rings. The van der Waals surface area contributed by atoms with Gasteiger partial charge in [0, 0.05) is 7.11 Å². The molecule has 1 aliphatic rings. The Kier molecular flexibility index (Phi) is 5.36. The molecule has 86 valence electrons. The van der Waals surface area contributed by atoms with Gasteiger partial charge >= 0.3 is 5.97 Å². The summed E-state index contributed by atoms with van der Waals surface area (Å²) < 4.78 is 4.85. The summed E-state index contributed by atoms with van der Waals surface area (Å²) in [7, 11) is 1.51. The molecule has 0 radical (unpaired) electrons. The van der Waals surface area contributed by atoms with Crippen LogP contribution in [0.3, 0.4) is 0 Å². The Labute approximate surface area is 90.3 Å². The molecule has 0 amide bonds. The van der Waals surface area contributed by atoms with E-state index in [4.69, 9.17) is 9.84 Å². The summed E-state index contributed by atoms with van der Waals surface area (Å²) in [4.78, 5) is 10.8. The maximum Gasteiger partial charge on any atom is 0.323 e. The fraction of sp³-hybridized carbons (Fsp3) is 0.727. The van der Waals surface area contributed by atoms with Gasteiger partial charge in [-0.2, -0.15) is 0 Å². The van der Waals surface area contributed by atoms with Crippen LogP contribution in [0.4, 0.5) is 0 Å². The van der Waals surface area contributed by atoms with Crippen LogP contribution in [-0.4, -0.2) is 37.4 Å². The highest BCUT2D eigenvalue weighted by Crippen LogP contribution is 2.16. The lowest BCUT2D eigenvalue weighted by Gasteiger charge is -2.21. The molecule has 2 N–H and O–H groups in total. The molecule has 2 atom stereocenters. The van der Waals surface area contributed by atoms with E-state index < -0.39 is 12.0 Å². The molecule has 4 heteroatoms. The van der Waals surface area contributed by atoms with Crippen LogP contribution in [0, 0.1) is 5.92 Å². The van der Waals surface area contributed by atoms with Crippen molar-refractivity contribution in [3.8, 4) is 0 Å². The second kappa shape index (κ2) is 6.58. The van der Waals surface area contributed by atoms with Gasteiger partial charge < -0.3 is 15.2 Å². The Bertz CT molecular complexity index is 228. The zero-order valence-corrected chi connectivity index (χ0v) is 9.11. The lowest BCUT2D eigenvalue weighted by atomic mass is 9.94. The van der Waals surface area contributed by atoms with E-state index in [1.54, 1.807) is 0 Å². The Balaban J connectivity index is 2.26. The van der Waals surface area contributed by atoms with Crippen molar-refractivity contribution in [3.63, 3.8) is 0 Å². The summed E-state index contributed by atoms with van der Waals surface area (Å²) in [6.07, 6.45) is 7.64. The number of rotatable bonds is 6. The lowest BCUT2D eigenvalue weighted by molar-refractivity contribution is -0.140.